The Morgan fingerprint density at radius 1 is 1.27 bits per heavy atom. The van der Waals surface area contributed by atoms with Crippen LogP contribution in [0.4, 0.5) is 0 Å². The molecule has 15 heavy (non-hydrogen) atoms. The second-order valence-electron chi connectivity index (χ2n) is 3.84. The molecule has 1 atom stereocenters. The normalized spacial score (nSPS) is 21.5. The third kappa shape index (κ3) is 4.26. The van der Waals surface area contributed by atoms with E-state index in [-0.39, 0.29) is 19.1 Å². The molecule has 1 saturated heterocycles. The molecule has 0 spiro atoms. The van der Waals surface area contributed by atoms with Gasteiger partial charge in [-0.1, -0.05) is 0 Å². The number of amides is 2. The number of hydrogen-bond acceptors (Lipinski definition) is 4. The Morgan fingerprint density at radius 3 is 2.27 bits per heavy atom. The first kappa shape index (κ1) is 11.9. The average molecular weight is 214 g/mol. The van der Waals surface area contributed by atoms with Gasteiger partial charge in [0.25, 0.3) is 0 Å². The lowest BCUT2D eigenvalue weighted by Gasteiger charge is -2.32. The van der Waals surface area contributed by atoms with Crippen molar-refractivity contribution in [1.82, 2.24) is 10.2 Å². The number of primary amides is 2. The Labute approximate surface area is 89.0 Å². The van der Waals surface area contributed by atoms with E-state index in [4.69, 9.17) is 11.5 Å². The molecular formula is C9H18N4O2. The van der Waals surface area contributed by atoms with Gasteiger partial charge in [-0.25, -0.2) is 0 Å². The third-order valence-corrected chi connectivity index (χ3v) is 2.51. The van der Waals surface area contributed by atoms with Gasteiger partial charge in [-0.2, -0.15) is 0 Å². The topological polar surface area (TPSA) is 101 Å². The fourth-order valence-electron chi connectivity index (χ4n) is 1.86. The van der Waals surface area contributed by atoms with Crippen molar-refractivity contribution in [1.29, 1.82) is 0 Å². The highest BCUT2D eigenvalue weighted by atomic mass is 16.2. The average Bonchev–Trinajstić information content (AvgIpc) is 2.17. The zero-order valence-corrected chi connectivity index (χ0v) is 8.74. The molecule has 1 unspecified atom stereocenters. The monoisotopic (exact) mass is 214 g/mol. The van der Waals surface area contributed by atoms with Crippen molar-refractivity contribution in [2.75, 3.05) is 26.2 Å². The molecule has 1 heterocycles. The van der Waals surface area contributed by atoms with Crippen LogP contribution in [0.5, 0.6) is 0 Å². The second-order valence-corrected chi connectivity index (χ2v) is 3.84. The summed E-state index contributed by atoms with van der Waals surface area (Å²) in [6, 6.07) is 0.179. The van der Waals surface area contributed by atoms with E-state index in [2.05, 4.69) is 5.32 Å². The van der Waals surface area contributed by atoms with Gasteiger partial charge in [-0.15, -0.1) is 0 Å². The van der Waals surface area contributed by atoms with Gasteiger partial charge in [0.2, 0.25) is 11.8 Å². The molecule has 2 amide bonds. The van der Waals surface area contributed by atoms with Crippen molar-refractivity contribution >= 4 is 11.8 Å². The zero-order chi connectivity index (χ0) is 11.3. The molecule has 1 aliphatic heterocycles. The number of nitrogens with zero attached hydrogens (tertiary/aromatic N) is 1. The van der Waals surface area contributed by atoms with E-state index < -0.39 is 11.8 Å². The number of carbonyl (C=O) groups excluding carboxylic acids is 2. The smallest absolute Gasteiger partial charge is 0.231 e. The van der Waals surface area contributed by atoms with Gasteiger partial charge < -0.3 is 16.8 Å². The highest BCUT2D eigenvalue weighted by molar-refractivity contribution is 5.79. The molecule has 0 aliphatic carbocycles. The van der Waals surface area contributed by atoms with Crippen LogP contribution in [0.3, 0.4) is 0 Å². The van der Waals surface area contributed by atoms with Crippen molar-refractivity contribution in [3.63, 3.8) is 0 Å². The van der Waals surface area contributed by atoms with Crippen molar-refractivity contribution < 1.29 is 9.59 Å². The molecule has 6 heteroatoms. The zero-order valence-electron chi connectivity index (χ0n) is 8.74. The predicted molar refractivity (Wildman–Crippen MR) is 55.9 cm³/mol. The van der Waals surface area contributed by atoms with E-state index >= 15 is 0 Å². The highest BCUT2D eigenvalue weighted by Gasteiger charge is 2.23. The maximum atomic E-state index is 10.8. The van der Waals surface area contributed by atoms with Crippen LogP contribution in [0.2, 0.25) is 0 Å². The van der Waals surface area contributed by atoms with Gasteiger partial charge in [0.05, 0.1) is 13.1 Å². The molecule has 1 fully saturated rings. The summed E-state index contributed by atoms with van der Waals surface area (Å²) in [6.07, 6.45) is 2.01. The molecule has 6 nitrogen and oxygen atoms in total. The summed E-state index contributed by atoms with van der Waals surface area (Å²) in [6.45, 7) is 1.95. The minimum atomic E-state index is -0.429. The molecule has 0 saturated carbocycles. The van der Waals surface area contributed by atoms with Gasteiger partial charge >= 0.3 is 0 Å². The minimum Gasteiger partial charge on any atom is -0.369 e. The minimum absolute atomic E-state index is 0.0925. The molecule has 1 aliphatic rings. The maximum absolute atomic E-state index is 10.8. The SMILES string of the molecule is NC(=O)CN(CC(N)=O)C1CCCNC1. The summed E-state index contributed by atoms with van der Waals surface area (Å²) in [5.74, 6) is -0.858. The van der Waals surface area contributed by atoms with Crippen LogP contribution in [0.1, 0.15) is 12.8 Å². The Hall–Kier alpha value is -1.14. The van der Waals surface area contributed by atoms with Gasteiger partial charge in [0.1, 0.15) is 0 Å². The lowest BCUT2D eigenvalue weighted by Crippen LogP contribution is -2.51. The molecule has 86 valence electrons. The summed E-state index contributed by atoms with van der Waals surface area (Å²) in [5, 5.41) is 3.22. The lowest BCUT2D eigenvalue weighted by molar-refractivity contribution is -0.123. The van der Waals surface area contributed by atoms with Gasteiger partial charge in [-0.3, -0.25) is 14.5 Å². The van der Waals surface area contributed by atoms with E-state index in [9.17, 15) is 9.59 Å². The number of nitrogens with one attached hydrogen (secondary N) is 1. The Kier molecular flexibility index (Phi) is 4.51. The largest absolute Gasteiger partial charge is 0.369 e. The standard InChI is InChI=1S/C9H18N4O2/c10-8(14)5-13(6-9(11)15)7-2-1-3-12-4-7/h7,12H,1-6H2,(H2,10,14)(H2,11,15). The highest BCUT2D eigenvalue weighted by Crippen LogP contribution is 2.09. The molecule has 1 rings (SSSR count). The first-order valence-corrected chi connectivity index (χ1v) is 5.11. The quantitative estimate of drug-likeness (QED) is 0.493. The van der Waals surface area contributed by atoms with Gasteiger partial charge in [-0.05, 0) is 19.4 Å². The Balaban J connectivity index is 2.52. The summed E-state index contributed by atoms with van der Waals surface area (Å²) in [5.41, 5.74) is 10.2. The van der Waals surface area contributed by atoms with Crippen LogP contribution in [-0.2, 0) is 9.59 Å². The number of carbonyl (C=O) groups is 2. The van der Waals surface area contributed by atoms with Crippen molar-refractivity contribution in [3.05, 3.63) is 0 Å². The van der Waals surface area contributed by atoms with E-state index in [0.29, 0.717) is 0 Å². The fourth-order valence-corrected chi connectivity index (χ4v) is 1.86. The lowest BCUT2D eigenvalue weighted by atomic mass is 10.1. The number of hydrogen-bond donors (Lipinski definition) is 3. The summed E-state index contributed by atoms with van der Waals surface area (Å²) in [7, 11) is 0. The fraction of sp³-hybridized carbons (Fsp3) is 0.778. The van der Waals surface area contributed by atoms with Crippen molar-refractivity contribution in [2.45, 2.75) is 18.9 Å². The molecule has 0 radical (unpaired) electrons. The number of nitrogens with two attached hydrogens (primary N) is 2. The predicted octanol–water partition coefficient (Wildman–Crippen LogP) is -1.99. The van der Waals surface area contributed by atoms with E-state index in [1.54, 1.807) is 4.90 Å². The van der Waals surface area contributed by atoms with Crippen LogP contribution in [0, 0.1) is 0 Å². The van der Waals surface area contributed by atoms with Crippen LogP contribution in [0.25, 0.3) is 0 Å². The maximum Gasteiger partial charge on any atom is 0.231 e. The molecular weight excluding hydrogens is 196 g/mol. The van der Waals surface area contributed by atoms with Crippen molar-refractivity contribution in [2.24, 2.45) is 11.5 Å². The van der Waals surface area contributed by atoms with Crippen LogP contribution < -0.4 is 16.8 Å². The summed E-state index contributed by atoms with van der Waals surface area (Å²) >= 11 is 0. The van der Waals surface area contributed by atoms with Crippen molar-refractivity contribution in [3.8, 4) is 0 Å². The second kappa shape index (κ2) is 5.67. The first-order valence-electron chi connectivity index (χ1n) is 5.11. The Bertz CT molecular complexity index is 222. The van der Waals surface area contributed by atoms with E-state index in [1.165, 1.54) is 0 Å². The van der Waals surface area contributed by atoms with Crippen LogP contribution in [0.15, 0.2) is 0 Å². The van der Waals surface area contributed by atoms with Gasteiger partial charge in [0, 0.05) is 12.6 Å². The molecule has 0 aromatic rings. The summed E-state index contributed by atoms with van der Waals surface area (Å²) < 4.78 is 0. The van der Waals surface area contributed by atoms with Crippen LogP contribution in [-0.4, -0.2) is 48.9 Å². The number of rotatable bonds is 5. The molecule has 0 aromatic carbocycles. The first-order chi connectivity index (χ1) is 7.09. The summed E-state index contributed by atoms with van der Waals surface area (Å²) in [4.78, 5) is 23.4. The molecule has 5 N–H and O–H groups in total. The number of piperidine rings is 1. The van der Waals surface area contributed by atoms with E-state index in [1.807, 2.05) is 0 Å². The van der Waals surface area contributed by atoms with E-state index in [0.717, 1.165) is 25.9 Å². The van der Waals surface area contributed by atoms with Crippen LogP contribution >= 0.6 is 0 Å². The Morgan fingerprint density at radius 2 is 1.87 bits per heavy atom. The van der Waals surface area contributed by atoms with Gasteiger partial charge in [0.15, 0.2) is 0 Å². The molecule has 0 bridgehead atoms. The molecule has 0 aromatic heterocycles. The third-order valence-electron chi connectivity index (χ3n) is 2.51.